The molecule has 0 bridgehead atoms. The molecule has 4 fully saturated rings. The van der Waals surface area contributed by atoms with Gasteiger partial charge in [0.1, 0.15) is 23.2 Å². The fourth-order valence-electron chi connectivity index (χ4n) is 7.04. The van der Waals surface area contributed by atoms with Crippen molar-refractivity contribution < 1.29 is 33.3 Å². The van der Waals surface area contributed by atoms with Crippen molar-refractivity contribution in [3.05, 3.63) is 35.8 Å². The first kappa shape index (κ1) is 21.7. The van der Waals surface area contributed by atoms with Crippen molar-refractivity contribution in [2.45, 2.75) is 89.8 Å². The molecular weight excluding hydrogens is 412 g/mol. The number of allylic oxidation sites excluding steroid dienone is 1. The van der Waals surface area contributed by atoms with Gasteiger partial charge in [0.05, 0.1) is 29.6 Å². The molecule has 3 heterocycles. The zero-order valence-corrected chi connectivity index (χ0v) is 19.3. The minimum atomic E-state index is -1.45. The summed E-state index contributed by atoms with van der Waals surface area (Å²) < 4.78 is 23.3. The van der Waals surface area contributed by atoms with Crippen LogP contribution < -0.4 is 0 Å². The quantitative estimate of drug-likeness (QED) is 0.429. The molecule has 32 heavy (non-hydrogen) atoms. The lowest BCUT2D eigenvalue weighted by molar-refractivity contribution is -0.275. The van der Waals surface area contributed by atoms with Crippen LogP contribution in [0.25, 0.3) is 0 Å². The molecular formula is C25H32O7. The Kier molecular flexibility index (Phi) is 4.55. The third kappa shape index (κ3) is 2.39. The maximum absolute atomic E-state index is 13.6. The number of rotatable bonds is 3. The molecule has 5 rings (SSSR count). The molecule has 7 nitrogen and oxygen atoms in total. The molecule has 8 atom stereocenters. The highest BCUT2D eigenvalue weighted by Gasteiger charge is 2.85. The van der Waals surface area contributed by atoms with E-state index in [4.69, 9.17) is 18.6 Å². The topological polar surface area (TPSA) is 98.5 Å². The number of ether oxygens (including phenoxy) is 3. The highest BCUT2D eigenvalue weighted by molar-refractivity contribution is 5.88. The van der Waals surface area contributed by atoms with Crippen LogP contribution in [0.2, 0.25) is 0 Å². The fraction of sp³-hybridized carbons (Fsp3) is 0.680. The first-order chi connectivity index (χ1) is 15.0. The minimum absolute atomic E-state index is 0.0238. The maximum Gasteiger partial charge on any atom is 0.333 e. The van der Waals surface area contributed by atoms with Gasteiger partial charge < -0.3 is 23.7 Å². The van der Waals surface area contributed by atoms with Gasteiger partial charge in [-0.2, -0.15) is 0 Å². The normalized spacial score (nSPS) is 47.6. The van der Waals surface area contributed by atoms with Gasteiger partial charge in [-0.25, -0.2) is 4.79 Å². The van der Waals surface area contributed by atoms with Gasteiger partial charge in [0, 0.05) is 17.6 Å². The number of hydrogen-bond acceptors (Lipinski definition) is 7. The molecule has 4 aliphatic rings. The van der Waals surface area contributed by atoms with E-state index in [1.165, 1.54) is 0 Å². The third-order valence-corrected chi connectivity index (χ3v) is 9.43. The van der Waals surface area contributed by atoms with Crippen molar-refractivity contribution in [1.82, 2.24) is 0 Å². The van der Waals surface area contributed by atoms with Crippen LogP contribution >= 0.6 is 0 Å². The summed E-state index contributed by atoms with van der Waals surface area (Å²) in [5.74, 6) is -1.05. The van der Waals surface area contributed by atoms with Gasteiger partial charge in [-0.1, -0.05) is 19.9 Å². The van der Waals surface area contributed by atoms with Crippen LogP contribution in [0.5, 0.6) is 0 Å². The predicted octanol–water partition coefficient (Wildman–Crippen LogP) is 3.86. The fourth-order valence-corrected chi connectivity index (χ4v) is 7.04. The van der Waals surface area contributed by atoms with Crippen LogP contribution in [0.3, 0.4) is 0 Å². The molecule has 174 valence electrons. The molecule has 0 radical (unpaired) electrons. The van der Waals surface area contributed by atoms with Gasteiger partial charge in [0.15, 0.2) is 0 Å². The highest BCUT2D eigenvalue weighted by atomic mass is 16.6. The number of furan rings is 1. The van der Waals surface area contributed by atoms with Crippen LogP contribution in [0, 0.1) is 16.7 Å². The lowest BCUT2D eigenvalue weighted by Gasteiger charge is -2.64. The van der Waals surface area contributed by atoms with E-state index in [0.717, 1.165) is 5.56 Å². The zero-order valence-electron chi connectivity index (χ0n) is 19.3. The maximum atomic E-state index is 13.6. The second kappa shape index (κ2) is 6.70. The average Bonchev–Trinajstić information content (AvgIpc) is 3.11. The summed E-state index contributed by atoms with van der Waals surface area (Å²) in [6, 6.07) is 1.79. The Morgan fingerprint density at radius 2 is 2.09 bits per heavy atom. The number of hydrogen-bond donors (Lipinski definition) is 1. The van der Waals surface area contributed by atoms with Crippen molar-refractivity contribution in [1.29, 1.82) is 0 Å². The molecule has 0 aromatic carbocycles. The molecule has 2 aliphatic heterocycles. The molecule has 2 saturated heterocycles. The van der Waals surface area contributed by atoms with Gasteiger partial charge in [-0.3, -0.25) is 4.79 Å². The Morgan fingerprint density at radius 3 is 2.75 bits per heavy atom. The van der Waals surface area contributed by atoms with Gasteiger partial charge in [-0.15, -0.1) is 0 Å². The van der Waals surface area contributed by atoms with Crippen LogP contribution in [0.15, 0.2) is 34.7 Å². The van der Waals surface area contributed by atoms with Crippen LogP contribution in [-0.4, -0.2) is 40.5 Å². The van der Waals surface area contributed by atoms with Crippen molar-refractivity contribution >= 4 is 11.9 Å². The Bertz CT molecular complexity index is 982. The summed E-state index contributed by atoms with van der Waals surface area (Å²) >= 11 is 0. The molecule has 0 unspecified atom stereocenters. The number of cyclic esters (lactones) is 1. The number of carbonyl (C=O) groups excluding carboxylic acids is 2. The van der Waals surface area contributed by atoms with E-state index in [2.05, 4.69) is 0 Å². The molecule has 1 aromatic heterocycles. The first-order valence-electron chi connectivity index (χ1n) is 11.5. The van der Waals surface area contributed by atoms with Gasteiger partial charge >= 0.3 is 11.9 Å². The summed E-state index contributed by atoms with van der Waals surface area (Å²) in [6.07, 6.45) is 5.60. The lowest BCUT2D eigenvalue weighted by atomic mass is 9.40. The second-order valence-electron chi connectivity index (χ2n) is 10.4. The van der Waals surface area contributed by atoms with E-state index in [1.54, 1.807) is 38.5 Å². The SMILES string of the molecule is C/C=C(/C)C(=O)O[C@@H]1C[C@@H](C)[C@]2(C[C@H](c3ccoc3)OC2=O)[C@@]2(O)CC[C@H]3O[C@@]3(C)[C@]12C. The third-order valence-electron chi connectivity index (χ3n) is 9.43. The Labute approximate surface area is 188 Å². The van der Waals surface area contributed by atoms with Gasteiger partial charge in [0.25, 0.3) is 0 Å². The number of carbonyl (C=O) groups is 2. The second-order valence-corrected chi connectivity index (χ2v) is 10.4. The van der Waals surface area contributed by atoms with E-state index in [9.17, 15) is 14.7 Å². The largest absolute Gasteiger partial charge is 0.472 e. The number of aliphatic hydroxyl groups is 1. The van der Waals surface area contributed by atoms with E-state index < -0.39 is 40.2 Å². The molecule has 1 aromatic rings. The van der Waals surface area contributed by atoms with Crippen LogP contribution in [-0.2, 0) is 23.8 Å². The predicted molar refractivity (Wildman–Crippen MR) is 113 cm³/mol. The zero-order chi connectivity index (χ0) is 23.1. The Hall–Kier alpha value is -2.12. The first-order valence-corrected chi connectivity index (χ1v) is 11.5. The summed E-state index contributed by atoms with van der Waals surface area (Å²) in [4.78, 5) is 26.4. The highest BCUT2D eigenvalue weighted by Crippen LogP contribution is 2.74. The van der Waals surface area contributed by atoms with Crippen molar-refractivity contribution in [3.8, 4) is 0 Å². The van der Waals surface area contributed by atoms with Crippen LogP contribution in [0.1, 0.15) is 72.0 Å². The molecule has 2 aliphatic carbocycles. The molecule has 1 N–H and O–H groups in total. The van der Waals surface area contributed by atoms with E-state index >= 15 is 0 Å². The van der Waals surface area contributed by atoms with E-state index in [1.807, 2.05) is 20.8 Å². The van der Waals surface area contributed by atoms with Gasteiger partial charge in [0.2, 0.25) is 0 Å². The monoisotopic (exact) mass is 444 g/mol. The van der Waals surface area contributed by atoms with E-state index in [0.29, 0.717) is 31.3 Å². The Morgan fingerprint density at radius 1 is 1.34 bits per heavy atom. The number of fused-ring (bicyclic) bond motifs is 4. The molecule has 0 amide bonds. The Balaban J connectivity index is 1.61. The minimum Gasteiger partial charge on any atom is -0.472 e. The molecule has 1 spiro atoms. The number of epoxide rings is 1. The lowest BCUT2D eigenvalue weighted by Crippen LogP contribution is -2.76. The molecule has 2 saturated carbocycles. The van der Waals surface area contributed by atoms with E-state index in [-0.39, 0.29) is 18.0 Å². The summed E-state index contributed by atoms with van der Waals surface area (Å²) in [5.41, 5.74) is -2.93. The van der Waals surface area contributed by atoms with Crippen LogP contribution in [0.4, 0.5) is 0 Å². The standard InChI is InChI=1S/C25H32O7/c1-6-14(2)20(26)31-19-11-15(3)24(12-17(30-21(24)27)16-8-10-29-13-16)25(28)9-7-18-23(5,32-18)22(19,25)4/h6,8,10,13,15,17-19,28H,7,9,11-12H2,1-5H3/b14-6-/t15-,17-,18-,19-,22+,23-,24+,25-/m1/s1. The smallest absolute Gasteiger partial charge is 0.333 e. The summed E-state index contributed by atoms with van der Waals surface area (Å²) in [7, 11) is 0. The number of esters is 2. The van der Waals surface area contributed by atoms with Crippen molar-refractivity contribution in [2.75, 3.05) is 0 Å². The van der Waals surface area contributed by atoms with Gasteiger partial charge in [-0.05, 0) is 52.0 Å². The summed E-state index contributed by atoms with van der Waals surface area (Å²) in [6.45, 7) is 9.37. The van der Waals surface area contributed by atoms with Crippen molar-refractivity contribution in [2.24, 2.45) is 16.7 Å². The summed E-state index contributed by atoms with van der Waals surface area (Å²) in [5, 5.41) is 12.6. The molecule has 7 heteroatoms. The average molecular weight is 445 g/mol. The van der Waals surface area contributed by atoms with Crippen molar-refractivity contribution in [3.63, 3.8) is 0 Å².